The number of anilines is 1. The molecule has 0 saturated heterocycles. The Morgan fingerprint density at radius 2 is 1.94 bits per heavy atom. The van der Waals surface area contributed by atoms with Crippen LogP contribution in [0.1, 0.15) is 53.1 Å². The van der Waals surface area contributed by atoms with Crippen molar-refractivity contribution >= 4 is 44.6 Å². The Morgan fingerprint density at radius 1 is 1.19 bits per heavy atom. The number of ether oxygens (including phenoxy) is 1. The van der Waals surface area contributed by atoms with E-state index in [-0.39, 0.29) is 17.6 Å². The Morgan fingerprint density at radius 3 is 2.68 bits per heavy atom. The highest BCUT2D eigenvalue weighted by molar-refractivity contribution is 9.10. The Bertz CT molecular complexity index is 1210. The second-order valence-corrected chi connectivity index (χ2v) is 8.45. The van der Waals surface area contributed by atoms with Crippen molar-refractivity contribution in [1.82, 2.24) is 4.98 Å². The summed E-state index contributed by atoms with van der Waals surface area (Å²) in [5.74, 6) is -0.219. The monoisotopic (exact) mass is 484 g/mol. The van der Waals surface area contributed by atoms with E-state index >= 15 is 0 Å². The zero-order chi connectivity index (χ0) is 22.0. The molecule has 4 rings (SSSR count). The summed E-state index contributed by atoms with van der Waals surface area (Å²) in [4.78, 5) is 39.5. The van der Waals surface area contributed by atoms with Crippen LogP contribution in [0.4, 0.5) is 10.5 Å². The van der Waals surface area contributed by atoms with Crippen LogP contribution in [0.3, 0.4) is 0 Å². The van der Waals surface area contributed by atoms with Crippen LogP contribution in [0.25, 0.3) is 10.9 Å². The minimum atomic E-state index is -1.35. The molecule has 1 fully saturated rings. The van der Waals surface area contributed by atoms with Crippen molar-refractivity contribution in [2.75, 3.05) is 5.32 Å². The van der Waals surface area contributed by atoms with Crippen LogP contribution in [-0.2, 0) is 11.3 Å². The first kappa shape index (κ1) is 21.1. The van der Waals surface area contributed by atoms with Gasteiger partial charge < -0.3 is 20.1 Å². The Labute approximate surface area is 186 Å². The lowest BCUT2D eigenvalue weighted by atomic mass is 9.92. The van der Waals surface area contributed by atoms with E-state index in [0.717, 1.165) is 31.2 Å². The number of H-pyrrole nitrogens is 1. The molecule has 1 aromatic heterocycles. The maximum Gasteiger partial charge on any atom is 0.506 e. The minimum Gasteiger partial charge on any atom is -0.450 e. The van der Waals surface area contributed by atoms with Gasteiger partial charge in [0.15, 0.2) is 0 Å². The smallest absolute Gasteiger partial charge is 0.450 e. The second-order valence-electron chi connectivity index (χ2n) is 7.60. The van der Waals surface area contributed by atoms with Crippen LogP contribution in [0, 0.1) is 0 Å². The summed E-state index contributed by atoms with van der Waals surface area (Å²) in [6.07, 6.45) is 4.37. The first-order valence-electron chi connectivity index (χ1n) is 10.0. The highest BCUT2D eigenvalue weighted by Gasteiger charge is 2.23. The lowest BCUT2D eigenvalue weighted by Crippen LogP contribution is -2.22. The van der Waals surface area contributed by atoms with Gasteiger partial charge in [0.1, 0.15) is 12.2 Å². The highest BCUT2D eigenvalue weighted by Crippen LogP contribution is 2.39. The van der Waals surface area contributed by atoms with E-state index in [9.17, 15) is 14.4 Å². The molecule has 2 aromatic carbocycles. The SMILES string of the molecule is O=C(O)OCc1cc(NC(=O)c2c[nH]c3ccccc3c2=O)c(Br)cc1C1CCCC1. The van der Waals surface area contributed by atoms with Crippen molar-refractivity contribution in [3.63, 3.8) is 0 Å². The van der Waals surface area contributed by atoms with Crippen molar-refractivity contribution in [2.45, 2.75) is 38.2 Å². The Kier molecular flexibility index (Phi) is 6.08. The van der Waals surface area contributed by atoms with Gasteiger partial charge in [0.2, 0.25) is 5.43 Å². The molecule has 0 unspecified atom stereocenters. The molecule has 1 amide bonds. The fourth-order valence-electron chi connectivity index (χ4n) is 4.14. The number of nitrogens with one attached hydrogen (secondary N) is 2. The van der Waals surface area contributed by atoms with Crippen LogP contribution in [0.5, 0.6) is 0 Å². The van der Waals surface area contributed by atoms with Crippen LogP contribution in [0.2, 0.25) is 0 Å². The molecule has 0 aliphatic heterocycles. The van der Waals surface area contributed by atoms with E-state index < -0.39 is 12.1 Å². The number of hydrogen-bond acceptors (Lipinski definition) is 4. The van der Waals surface area contributed by atoms with E-state index in [1.165, 1.54) is 6.20 Å². The summed E-state index contributed by atoms with van der Waals surface area (Å²) in [5.41, 5.74) is 2.46. The van der Waals surface area contributed by atoms with Gasteiger partial charge in [-0.25, -0.2) is 4.79 Å². The zero-order valence-corrected chi connectivity index (χ0v) is 18.2. The van der Waals surface area contributed by atoms with Crippen LogP contribution < -0.4 is 10.7 Å². The van der Waals surface area contributed by atoms with Crippen molar-refractivity contribution < 1.29 is 19.4 Å². The number of pyridine rings is 1. The molecule has 1 aliphatic carbocycles. The minimum absolute atomic E-state index is 0.00574. The van der Waals surface area contributed by atoms with E-state index in [2.05, 4.69) is 26.2 Å². The number of carbonyl (C=O) groups excluding carboxylic acids is 1. The summed E-state index contributed by atoms with van der Waals surface area (Å²) < 4.78 is 5.48. The molecule has 160 valence electrons. The van der Waals surface area contributed by atoms with Gasteiger partial charge in [-0.05, 0) is 70.1 Å². The third-order valence-electron chi connectivity index (χ3n) is 5.66. The van der Waals surface area contributed by atoms with E-state index in [1.807, 2.05) is 12.1 Å². The predicted octanol–water partition coefficient (Wildman–Crippen LogP) is 5.40. The number of para-hydroxylation sites is 1. The second kappa shape index (κ2) is 8.93. The molecule has 31 heavy (non-hydrogen) atoms. The van der Waals surface area contributed by atoms with Gasteiger partial charge in [-0.1, -0.05) is 25.0 Å². The topological polar surface area (TPSA) is 108 Å². The maximum absolute atomic E-state index is 12.9. The summed E-state index contributed by atoms with van der Waals surface area (Å²) in [7, 11) is 0. The van der Waals surface area contributed by atoms with Gasteiger partial charge in [0.05, 0.1) is 5.69 Å². The molecular formula is C23H21BrN2O5. The normalized spacial score (nSPS) is 14.0. The molecule has 0 bridgehead atoms. The molecule has 0 radical (unpaired) electrons. The summed E-state index contributed by atoms with van der Waals surface area (Å²) >= 11 is 3.51. The van der Waals surface area contributed by atoms with Crippen LogP contribution in [0.15, 0.2) is 51.9 Å². The van der Waals surface area contributed by atoms with Gasteiger partial charge in [-0.2, -0.15) is 0 Å². The van der Waals surface area contributed by atoms with Gasteiger partial charge in [0, 0.05) is 21.6 Å². The Hall–Kier alpha value is -3.13. The maximum atomic E-state index is 12.9. The summed E-state index contributed by atoms with van der Waals surface area (Å²) in [6, 6.07) is 10.6. The quantitative estimate of drug-likeness (QED) is 0.420. The van der Waals surface area contributed by atoms with E-state index in [1.54, 1.807) is 24.3 Å². The third kappa shape index (κ3) is 4.49. The highest BCUT2D eigenvalue weighted by atomic mass is 79.9. The third-order valence-corrected chi connectivity index (χ3v) is 6.31. The zero-order valence-electron chi connectivity index (χ0n) is 16.6. The van der Waals surface area contributed by atoms with E-state index in [0.29, 0.717) is 32.5 Å². The van der Waals surface area contributed by atoms with Gasteiger partial charge >= 0.3 is 6.16 Å². The Balaban J connectivity index is 1.66. The number of aromatic amines is 1. The molecule has 3 aromatic rings. The number of amides is 1. The number of benzene rings is 2. The first-order valence-corrected chi connectivity index (χ1v) is 10.8. The lowest BCUT2D eigenvalue weighted by Gasteiger charge is -2.18. The average Bonchev–Trinajstić information content (AvgIpc) is 3.29. The number of carbonyl (C=O) groups is 2. The number of aromatic nitrogens is 1. The molecular weight excluding hydrogens is 464 g/mol. The largest absolute Gasteiger partial charge is 0.506 e. The number of fused-ring (bicyclic) bond motifs is 1. The van der Waals surface area contributed by atoms with Crippen molar-refractivity contribution in [2.24, 2.45) is 0 Å². The number of halogens is 1. The molecule has 7 nitrogen and oxygen atoms in total. The number of rotatable bonds is 5. The van der Waals surface area contributed by atoms with Crippen molar-refractivity contribution in [3.05, 3.63) is 74.0 Å². The fourth-order valence-corrected chi connectivity index (χ4v) is 4.60. The van der Waals surface area contributed by atoms with E-state index in [4.69, 9.17) is 9.84 Å². The molecule has 1 aliphatic rings. The predicted molar refractivity (Wildman–Crippen MR) is 121 cm³/mol. The molecule has 1 heterocycles. The fraction of sp³-hybridized carbons (Fsp3) is 0.261. The van der Waals surface area contributed by atoms with Crippen molar-refractivity contribution in [1.29, 1.82) is 0 Å². The van der Waals surface area contributed by atoms with Crippen molar-refractivity contribution in [3.8, 4) is 0 Å². The molecule has 1 saturated carbocycles. The number of carboxylic acid groups (broad SMARTS) is 1. The lowest BCUT2D eigenvalue weighted by molar-refractivity contribution is 0.0850. The van der Waals surface area contributed by atoms with Crippen LogP contribution >= 0.6 is 15.9 Å². The standard InChI is InChI=1S/C23H21BrN2O5/c24-18-10-16(13-5-1-2-6-13)14(12-31-23(29)30)9-20(18)26-22(28)17-11-25-19-8-4-3-7-15(19)21(17)27/h3-4,7-11,13H,1-2,5-6,12H2,(H,25,27)(H,26,28)(H,29,30). The van der Waals surface area contributed by atoms with Crippen LogP contribution in [-0.4, -0.2) is 22.2 Å². The molecule has 8 heteroatoms. The molecule has 3 N–H and O–H groups in total. The first-order chi connectivity index (χ1) is 14.9. The summed E-state index contributed by atoms with van der Waals surface area (Å²) in [6.45, 7) is -0.103. The molecule has 0 atom stereocenters. The summed E-state index contributed by atoms with van der Waals surface area (Å²) in [5, 5.41) is 12.1. The number of hydrogen-bond donors (Lipinski definition) is 3. The van der Waals surface area contributed by atoms with Gasteiger partial charge in [-0.3, -0.25) is 9.59 Å². The van der Waals surface area contributed by atoms with Gasteiger partial charge in [-0.15, -0.1) is 0 Å². The van der Waals surface area contributed by atoms with Gasteiger partial charge in [0.25, 0.3) is 5.91 Å². The molecule has 0 spiro atoms. The average molecular weight is 485 g/mol.